The highest BCUT2D eigenvalue weighted by Gasteiger charge is 2.29. The zero-order valence-corrected chi connectivity index (χ0v) is 13.3. The molecule has 0 aliphatic carbocycles. The normalized spacial score (nSPS) is 22.5. The van der Waals surface area contributed by atoms with E-state index in [4.69, 9.17) is 4.42 Å². The van der Waals surface area contributed by atoms with Crippen LogP contribution in [0.2, 0.25) is 0 Å². The van der Waals surface area contributed by atoms with Gasteiger partial charge in [0.25, 0.3) is 0 Å². The topological polar surface area (TPSA) is 45.5 Å². The van der Waals surface area contributed by atoms with Gasteiger partial charge in [0.05, 0.1) is 6.26 Å². The molecule has 0 saturated carbocycles. The molecule has 2 unspecified atom stereocenters. The monoisotopic (exact) mass is 292 g/mol. The van der Waals surface area contributed by atoms with Gasteiger partial charge in [-0.3, -0.25) is 4.79 Å². The summed E-state index contributed by atoms with van der Waals surface area (Å²) in [5.41, 5.74) is 0. The lowest BCUT2D eigenvalue weighted by atomic mass is 9.89. The molecular formula is C17H28N2O2. The average molecular weight is 292 g/mol. The number of nitrogens with zero attached hydrogens (tertiary/aromatic N) is 1. The van der Waals surface area contributed by atoms with Crippen molar-refractivity contribution in [2.75, 3.05) is 19.6 Å². The third-order valence-corrected chi connectivity index (χ3v) is 4.43. The number of piperidine rings is 1. The van der Waals surface area contributed by atoms with Crippen LogP contribution >= 0.6 is 0 Å². The first-order valence-electron chi connectivity index (χ1n) is 8.28. The molecule has 2 atom stereocenters. The number of nitrogens with one attached hydrogen (secondary N) is 1. The van der Waals surface area contributed by atoms with Gasteiger partial charge in [0.2, 0.25) is 5.91 Å². The van der Waals surface area contributed by atoms with E-state index in [0.717, 1.165) is 38.2 Å². The molecule has 2 heterocycles. The third-order valence-electron chi connectivity index (χ3n) is 4.43. The number of likely N-dealkylation sites (tertiary alicyclic amines) is 1. The molecule has 1 N–H and O–H groups in total. The summed E-state index contributed by atoms with van der Waals surface area (Å²) in [4.78, 5) is 14.4. The quantitative estimate of drug-likeness (QED) is 0.840. The van der Waals surface area contributed by atoms with Crippen molar-refractivity contribution in [1.82, 2.24) is 10.2 Å². The highest BCUT2D eigenvalue weighted by Crippen LogP contribution is 2.21. The maximum Gasteiger partial charge on any atom is 0.223 e. The fourth-order valence-corrected chi connectivity index (χ4v) is 3.11. The van der Waals surface area contributed by atoms with E-state index in [1.54, 1.807) is 6.26 Å². The second-order valence-electron chi connectivity index (χ2n) is 5.94. The number of aryl methyl sites for hydroxylation is 1. The van der Waals surface area contributed by atoms with Crippen molar-refractivity contribution in [3.63, 3.8) is 0 Å². The van der Waals surface area contributed by atoms with Gasteiger partial charge in [0.15, 0.2) is 0 Å². The van der Waals surface area contributed by atoms with Crippen molar-refractivity contribution in [1.29, 1.82) is 0 Å². The maximum atomic E-state index is 12.3. The Labute approximate surface area is 127 Å². The number of carbonyl (C=O) groups excluding carboxylic acids is 1. The highest BCUT2D eigenvalue weighted by molar-refractivity contribution is 5.76. The van der Waals surface area contributed by atoms with Gasteiger partial charge in [-0.15, -0.1) is 0 Å². The Kier molecular flexibility index (Phi) is 6.30. The molecule has 118 valence electrons. The van der Waals surface area contributed by atoms with E-state index < -0.39 is 0 Å². The predicted molar refractivity (Wildman–Crippen MR) is 84.1 cm³/mol. The van der Waals surface area contributed by atoms with E-state index in [-0.39, 0.29) is 5.91 Å². The molecule has 4 heteroatoms. The smallest absolute Gasteiger partial charge is 0.223 e. The lowest BCUT2D eigenvalue weighted by molar-refractivity contribution is -0.133. The molecule has 1 fully saturated rings. The fraction of sp³-hybridized carbons (Fsp3) is 0.706. The third kappa shape index (κ3) is 4.60. The largest absolute Gasteiger partial charge is 0.469 e. The van der Waals surface area contributed by atoms with E-state index in [2.05, 4.69) is 19.2 Å². The van der Waals surface area contributed by atoms with Crippen LogP contribution in [-0.4, -0.2) is 36.5 Å². The van der Waals surface area contributed by atoms with Gasteiger partial charge in [-0.05, 0) is 37.4 Å². The van der Waals surface area contributed by atoms with Gasteiger partial charge in [-0.25, -0.2) is 0 Å². The van der Waals surface area contributed by atoms with Gasteiger partial charge in [0, 0.05) is 32.0 Å². The van der Waals surface area contributed by atoms with E-state index in [1.807, 2.05) is 17.0 Å². The van der Waals surface area contributed by atoms with E-state index in [0.29, 0.717) is 24.8 Å². The van der Waals surface area contributed by atoms with Gasteiger partial charge >= 0.3 is 0 Å². The predicted octanol–water partition coefficient (Wildman–Crippen LogP) is 2.84. The van der Waals surface area contributed by atoms with Crippen LogP contribution in [0.25, 0.3) is 0 Å². The Balaban J connectivity index is 1.80. The first-order valence-corrected chi connectivity index (χ1v) is 8.28. The minimum Gasteiger partial charge on any atom is -0.469 e. The molecule has 4 nitrogen and oxygen atoms in total. The minimum atomic E-state index is 0.263. The summed E-state index contributed by atoms with van der Waals surface area (Å²) >= 11 is 0. The van der Waals surface area contributed by atoms with Crippen LogP contribution in [0.15, 0.2) is 22.8 Å². The zero-order valence-electron chi connectivity index (χ0n) is 13.3. The molecule has 1 aliphatic heterocycles. The first-order chi connectivity index (χ1) is 10.2. The van der Waals surface area contributed by atoms with Gasteiger partial charge < -0.3 is 14.6 Å². The molecule has 1 aromatic rings. The zero-order chi connectivity index (χ0) is 15.1. The summed E-state index contributed by atoms with van der Waals surface area (Å²) in [6.45, 7) is 7.28. The summed E-state index contributed by atoms with van der Waals surface area (Å²) < 4.78 is 5.29. The van der Waals surface area contributed by atoms with Crippen LogP contribution in [0.4, 0.5) is 0 Å². The van der Waals surface area contributed by atoms with Gasteiger partial charge in [-0.1, -0.05) is 20.3 Å². The molecule has 0 bridgehead atoms. The Bertz CT molecular complexity index is 416. The lowest BCUT2D eigenvalue weighted by Gasteiger charge is -2.39. The van der Waals surface area contributed by atoms with Crippen LogP contribution in [0.1, 0.15) is 45.3 Å². The Morgan fingerprint density at radius 2 is 2.33 bits per heavy atom. The molecule has 0 aromatic carbocycles. The van der Waals surface area contributed by atoms with E-state index in [1.165, 1.54) is 6.42 Å². The van der Waals surface area contributed by atoms with Crippen LogP contribution in [0.3, 0.4) is 0 Å². The van der Waals surface area contributed by atoms with Crippen molar-refractivity contribution in [3.8, 4) is 0 Å². The SMILES string of the molecule is CCCNC1CCN(C(=O)CCc2ccco2)CC1CC. The molecule has 1 aromatic heterocycles. The Morgan fingerprint density at radius 3 is 3.00 bits per heavy atom. The number of hydrogen-bond donors (Lipinski definition) is 1. The number of furan rings is 1. The highest BCUT2D eigenvalue weighted by atomic mass is 16.3. The van der Waals surface area contributed by atoms with Crippen LogP contribution < -0.4 is 5.32 Å². The van der Waals surface area contributed by atoms with Crippen LogP contribution in [0, 0.1) is 5.92 Å². The lowest BCUT2D eigenvalue weighted by Crippen LogP contribution is -2.51. The number of amides is 1. The summed E-state index contributed by atoms with van der Waals surface area (Å²) in [6.07, 6.45) is 6.29. The van der Waals surface area contributed by atoms with Gasteiger partial charge in [0.1, 0.15) is 5.76 Å². The Hall–Kier alpha value is -1.29. The van der Waals surface area contributed by atoms with Crippen LogP contribution in [-0.2, 0) is 11.2 Å². The van der Waals surface area contributed by atoms with Crippen molar-refractivity contribution in [2.24, 2.45) is 5.92 Å². The summed E-state index contributed by atoms with van der Waals surface area (Å²) in [6, 6.07) is 4.38. The van der Waals surface area contributed by atoms with Crippen molar-refractivity contribution >= 4 is 5.91 Å². The second kappa shape index (κ2) is 8.23. The first kappa shape index (κ1) is 16.1. The standard InChI is InChI=1S/C17H28N2O2/c1-3-10-18-16-9-11-19(13-14(16)4-2)17(20)8-7-15-6-5-12-21-15/h5-6,12,14,16,18H,3-4,7-11,13H2,1-2H3. The summed E-state index contributed by atoms with van der Waals surface area (Å²) in [5.74, 6) is 1.74. The number of carbonyl (C=O) groups is 1. The Morgan fingerprint density at radius 1 is 1.48 bits per heavy atom. The second-order valence-corrected chi connectivity index (χ2v) is 5.94. The molecule has 1 amide bonds. The summed E-state index contributed by atoms with van der Waals surface area (Å²) in [7, 11) is 0. The van der Waals surface area contributed by atoms with Crippen molar-refractivity contribution in [2.45, 2.75) is 52.0 Å². The van der Waals surface area contributed by atoms with Crippen molar-refractivity contribution in [3.05, 3.63) is 24.2 Å². The molecule has 1 aliphatic rings. The molecule has 21 heavy (non-hydrogen) atoms. The molecule has 0 radical (unpaired) electrons. The number of rotatable bonds is 7. The van der Waals surface area contributed by atoms with Crippen LogP contribution in [0.5, 0.6) is 0 Å². The molecule has 2 rings (SSSR count). The summed E-state index contributed by atoms with van der Waals surface area (Å²) in [5, 5.41) is 3.63. The maximum absolute atomic E-state index is 12.3. The molecule has 0 spiro atoms. The van der Waals surface area contributed by atoms with Crippen molar-refractivity contribution < 1.29 is 9.21 Å². The molecular weight excluding hydrogens is 264 g/mol. The number of hydrogen-bond acceptors (Lipinski definition) is 3. The van der Waals surface area contributed by atoms with E-state index in [9.17, 15) is 4.79 Å². The van der Waals surface area contributed by atoms with Gasteiger partial charge in [-0.2, -0.15) is 0 Å². The van der Waals surface area contributed by atoms with E-state index >= 15 is 0 Å². The minimum absolute atomic E-state index is 0.263. The average Bonchev–Trinajstić information content (AvgIpc) is 3.03. The fourth-order valence-electron chi connectivity index (χ4n) is 3.11. The molecule has 1 saturated heterocycles.